The number of Topliss-reactive ketones (excluding diaryl/α,β-unsaturated/α-hetero) is 1. The van der Waals surface area contributed by atoms with Gasteiger partial charge >= 0.3 is 0 Å². The standard InChI is InChI=1S/C23H25NO6/c1-3-29-17-9-5-15(6-10-17)20-19(22(27)23(28)24(20)13-14-25)21(26)16-7-11-18(12-8-16)30-4-2/h5-12,20,25-26H,3-4,13-14H2,1-2H3/b21-19-. The third kappa shape index (κ3) is 4.16. The number of rotatable bonds is 8. The molecule has 1 atom stereocenters. The highest BCUT2D eigenvalue weighted by atomic mass is 16.5. The summed E-state index contributed by atoms with van der Waals surface area (Å²) in [5.41, 5.74) is 1.02. The van der Waals surface area contributed by atoms with Crippen LogP contribution in [0, 0.1) is 0 Å². The Labute approximate surface area is 175 Å². The van der Waals surface area contributed by atoms with Gasteiger partial charge in [0.25, 0.3) is 11.7 Å². The van der Waals surface area contributed by atoms with E-state index >= 15 is 0 Å². The molecular weight excluding hydrogens is 386 g/mol. The van der Waals surface area contributed by atoms with E-state index in [2.05, 4.69) is 0 Å². The lowest BCUT2D eigenvalue weighted by atomic mass is 9.95. The molecule has 1 unspecified atom stereocenters. The second-order valence-electron chi connectivity index (χ2n) is 6.68. The monoisotopic (exact) mass is 411 g/mol. The molecule has 2 aromatic rings. The maximum Gasteiger partial charge on any atom is 0.295 e. The van der Waals surface area contributed by atoms with Crippen molar-refractivity contribution in [2.45, 2.75) is 19.9 Å². The normalized spacial score (nSPS) is 18.0. The Balaban J connectivity index is 2.07. The largest absolute Gasteiger partial charge is 0.507 e. The van der Waals surface area contributed by atoms with E-state index < -0.39 is 17.7 Å². The zero-order valence-corrected chi connectivity index (χ0v) is 17.0. The summed E-state index contributed by atoms with van der Waals surface area (Å²) in [5, 5.41) is 20.4. The number of carbonyl (C=O) groups excluding carboxylic acids is 2. The van der Waals surface area contributed by atoms with E-state index in [9.17, 15) is 19.8 Å². The van der Waals surface area contributed by atoms with Gasteiger partial charge in [0.15, 0.2) is 0 Å². The summed E-state index contributed by atoms with van der Waals surface area (Å²) < 4.78 is 10.9. The van der Waals surface area contributed by atoms with Gasteiger partial charge in [-0.3, -0.25) is 9.59 Å². The lowest BCUT2D eigenvalue weighted by molar-refractivity contribution is -0.140. The highest BCUT2D eigenvalue weighted by Crippen LogP contribution is 2.39. The number of carbonyl (C=O) groups is 2. The molecule has 7 heteroatoms. The molecule has 0 spiro atoms. The van der Waals surface area contributed by atoms with Gasteiger partial charge in [0.1, 0.15) is 17.3 Å². The molecule has 0 aromatic heterocycles. The molecule has 1 fully saturated rings. The second-order valence-corrected chi connectivity index (χ2v) is 6.68. The summed E-state index contributed by atoms with van der Waals surface area (Å²) in [6.45, 7) is 4.44. The van der Waals surface area contributed by atoms with Crippen LogP contribution in [0.4, 0.5) is 0 Å². The zero-order chi connectivity index (χ0) is 21.7. The van der Waals surface area contributed by atoms with Crippen molar-refractivity contribution in [1.29, 1.82) is 0 Å². The molecule has 1 heterocycles. The fourth-order valence-electron chi connectivity index (χ4n) is 3.51. The van der Waals surface area contributed by atoms with Crippen molar-refractivity contribution >= 4 is 17.4 Å². The van der Waals surface area contributed by atoms with E-state index in [-0.39, 0.29) is 24.5 Å². The van der Waals surface area contributed by atoms with E-state index in [0.717, 1.165) is 0 Å². The molecule has 0 saturated carbocycles. The Bertz CT molecular complexity index is 933. The summed E-state index contributed by atoms with van der Waals surface area (Å²) in [4.78, 5) is 26.7. The van der Waals surface area contributed by atoms with Crippen LogP contribution < -0.4 is 9.47 Å². The number of benzene rings is 2. The van der Waals surface area contributed by atoms with Crippen molar-refractivity contribution < 1.29 is 29.3 Å². The second kappa shape index (κ2) is 9.45. The van der Waals surface area contributed by atoms with Crippen LogP contribution in [0.5, 0.6) is 11.5 Å². The Kier molecular flexibility index (Phi) is 6.74. The van der Waals surface area contributed by atoms with Crippen LogP contribution in [0.15, 0.2) is 54.1 Å². The van der Waals surface area contributed by atoms with Crippen molar-refractivity contribution in [2.24, 2.45) is 0 Å². The van der Waals surface area contributed by atoms with E-state index in [1.54, 1.807) is 48.5 Å². The van der Waals surface area contributed by atoms with Crippen molar-refractivity contribution in [2.75, 3.05) is 26.4 Å². The van der Waals surface area contributed by atoms with E-state index in [0.29, 0.717) is 35.8 Å². The molecule has 2 aromatic carbocycles. The molecule has 0 aliphatic carbocycles. The fourth-order valence-corrected chi connectivity index (χ4v) is 3.51. The summed E-state index contributed by atoms with van der Waals surface area (Å²) in [6.07, 6.45) is 0. The van der Waals surface area contributed by atoms with Gasteiger partial charge in [-0.25, -0.2) is 0 Å². The van der Waals surface area contributed by atoms with E-state index in [1.165, 1.54) is 4.90 Å². The van der Waals surface area contributed by atoms with Gasteiger partial charge in [-0.1, -0.05) is 12.1 Å². The SMILES string of the molecule is CCOc1ccc(/C(O)=C2/C(=O)C(=O)N(CCO)C2c2ccc(OCC)cc2)cc1. The predicted octanol–water partition coefficient (Wildman–Crippen LogP) is 2.90. The van der Waals surface area contributed by atoms with Crippen LogP contribution in [0.25, 0.3) is 5.76 Å². The van der Waals surface area contributed by atoms with Gasteiger partial charge in [-0.05, 0) is 55.8 Å². The first kappa shape index (κ1) is 21.4. The molecule has 1 saturated heterocycles. The van der Waals surface area contributed by atoms with Crippen LogP contribution in [-0.4, -0.2) is 53.2 Å². The Morgan fingerprint density at radius 3 is 1.97 bits per heavy atom. The smallest absolute Gasteiger partial charge is 0.295 e. The number of ketones is 1. The minimum absolute atomic E-state index is 0.0123. The number of aliphatic hydroxyl groups is 2. The van der Waals surface area contributed by atoms with E-state index in [4.69, 9.17) is 9.47 Å². The number of likely N-dealkylation sites (tertiary alicyclic amines) is 1. The van der Waals surface area contributed by atoms with Gasteiger partial charge < -0.3 is 24.6 Å². The molecule has 7 nitrogen and oxygen atoms in total. The Hall–Kier alpha value is -3.32. The minimum Gasteiger partial charge on any atom is -0.507 e. The predicted molar refractivity (Wildman–Crippen MR) is 111 cm³/mol. The summed E-state index contributed by atoms with van der Waals surface area (Å²) >= 11 is 0. The number of amides is 1. The molecule has 30 heavy (non-hydrogen) atoms. The highest BCUT2D eigenvalue weighted by Gasteiger charge is 2.45. The number of hydrogen-bond donors (Lipinski definition) is 2. The maximum absolute atomic E-state index is 12.8. The van der Waals surface area contributed by atoms with Crippen LogP contribution in [0.1, 0.15) is 31.0 Å². The number of β-amino-alcohol motifs (C(OH)–C–C–N with tert-alkyl or cyclic N) is 1. The summed E-state index contributed by atoms with van der Waals surface area (Å²) in [6, 6.07) is 12.8. The van der Waals surface area contributed by atoms with Crippen LogP contribution in [0.3, 0.4) is 0 Å². The lowest BCUT2D eigenvalue weighted by Crippen LogP contribution is -2.32. The number of hydrogen-bond acceptors (Lipinski definition) is 6. The zero-order valence-electron chi connectivity index (χ0n) is 17.0. The average Bonchev–Trinajstić information content (AvgIpc) is 3.00. The first-order valence-electron chi connectivity index (χ1n) is 9.87. The van der Waals surface area contributed by atoms with Gasteiger partial charge in [0.2, 0.25) is 0 Å². The molecule has 1 aliphatic heterocycles. The third-order valence-electron chi connectivity index (χ3n) is 4.83. The molecule has 158 valence electrons. The highest BCUT2D eigenvalue weighted by molar-refractivity contribution is 6.46. The minimum atomic E-state index is -0.806. The van der Waals surface area contributed by atoms with Gasteiger partial charge in [0, 0.05) is 12.1 Å². The molecule has 0 radical (unpaired) electrons. The van der Waals surface area contributed by atoms with E-state index in [1.807, 2.05) is 13.8 Å². The number of aliphatic hydroxyl groups excluding tert-OH is 2. The topological polar surface area (TPSA) is 96.3 Å². The first-order valence-corrected chi connectivity index (χ1v) is 9.87. The lowest BCUT2D eigenvalue weighted by Gasteiger charge is -2.24. The molecule has 3 rings (SSSR count). The molecule has 0 bridgehead atoms. The van der Waals surface area contributed by atoms with Crippen LogP contribution in [0.2, 0.25) is 0 Å². The fraction of sp³-hybridized carbons (Fsp3) is 0.304. The van der Waals surface area contributed by atoms with Crippen LogP contribution in [-0.2, 0) is 9.59 Å². The number of nitrogens with zero attached hydrogens (tertiary/aromatic N) is 1. The van der Waals surface area contributed by atoms with Gasteiger partial charge in [0.05, 0.1) is 31.4 Å². The van der Waals surface area contributed by atoms with Crippen molar-refractivity contribution in [3.05, 3.63) is 65.2 Å². The van der Waals surface area contributed by atoms with Crippen molar-refractivity contribution in [1.82, 2.24) is 4.90 Å². The number of ether oxygens (including phenoxy) is 2. The molecular formula is C23H25NO6. The average molecular weight is 411 g/mol. The van der Waals surface area contributed by atoms with Crippen LogP contribution >= 0.6 is 0 Å². The summed E-state index contributed by atoms with van der Waals surface area (Å²) in [7, 11) is 0. The summed E-state index contributed by atoms with van der Waals surface area (Å²) in [5.74, 6) is -0.510. The Morgan fingerprint density at radius 2 is 1.47 bits per heavy atom. The van der Waals surface area contributed by atoms with Crippen molar-refractivity contribution in [3.63, 3.8) is 0 Å². The quantitative estimate of drug-likeness (QED) is 0.394. The maximum atomic E-state index is 12.8. The first-order chi connectivity index (χ1) is 14.5. The van der Waals surface area contributed by atoms with Gasteiger partial charge in [-0.2, -0.15) is 0 Å². The van der Waals surface area contributed by atoms with Crippen molar-refractivity contribution in [3.8, 4) is 11.5 Å². The molecule has 2 N–H and O–H groups in total. The third-order valence-corrected chi connectivity index (χ3v) is 4.83. The molecule has 1 amide bonds. The Morgan fingerprint density at radius 1 is 0.933 bits per heavy atom. The molecule has 1 aliphatic rings. The van der Waals surface area contributed by atoms with Gasteiger partial charge in [-0.15, -0.1) is 0 Å².